The second kappa shape index (κ2) is 10.9. The smallest absolute Gasteiger partial charge is 0.294 e. The van der Waals surface area contributed by atoms with Crippen molar-refractivity contribution in [2.45, 2.75) is 64.5 Å². The lowest BCUT2D eigenvalue weighted by molar-refractivity contribution is -0.170. The van der Waals surface area contributed by atoms with E-state index in [9.17, 15) is 22.8 Å². The van der Waals surface area contributed by atoms with E-state index in [0.29, 0.717) is 0 Å². The van der Waals surface area contributed by atoms with Gasteiger partial charge < -0.3 is 0 Å². The number of rotatable bonds is 11. The summed E-state index contributed by atoms with van der Waals surface area (Å²) in [5.41, 5.74) is 3.23. The predicted octanol–water partition coefficient (Wildman–Crippen LogP) is 6.96. The largest absolute Gasteiger partial charge is 0.450 e. The molecule has 0 aromatic heterocycles. The Bertz CT molecular complexity index is 790. The fourth-order valence-electron chi connectivity index (χ4n) is 3.17. The minimum absolute atomic E-state index is 0.103. The maximum Gasteiger partial charge on any atom is 0.450 e. The van der Waals surface area contributed by atoms with E-state index in [1.807, 2.05) is 12.1 Å². The maximum atomic E-state index is 12.3. The molecule has 156 valence electrons. The Morgan fingerprint density at radius 1 is 0.759 bits per heavy atom. The molecule has 0 fully saturated rings. The van der Waals surface area contributed by atoms with Crippen LogP contribution in [0.5, 0.6) is 0 Å². The average Bonchev–Trinajstić information content (AvgIpc) is 2.70. The Labute approximate surface area is 170 Å². The molecule has 0 atom stereocenters. The third-order valence-electron chi connectivity index (χ3n) is 4.95. The fraction of sp³-hybridized carbons (Fsp3) is 0.417. The van der Waals surface area contributed by atoms with Crippen LogP contribution in [0, 0.1) is 0 Å². The van der Waals surface area contributed by atoms with Crippen LogP contribution in [-0.4, -0.2) is 17.7 Å². The van der Waals surface area contributed by atoms with Crippen molar-refractivity contribution in [1.29, 1.82) is 0 Å². The molecule has 0 amide bonds. The van der Waals surface area contributed by atoms with Gasteiger partial charge in [0.2, 0.25) is 5.78 Å². The number of hydrogen-bond donors (Lipinski definition) is 0. The van der Waals surface area contributed by atoms with E-state index < -0.39 is 24.2 Å². The molecule has 0 saturated carbocycles. The molecule has 0 aliphatic rings. The molecular formula is C24H27F3O2. The summed E-state index contributed by atoms with van der Waals surface area (Å²) < 4.78 is 36.9. The first kappa shape index (κ1) is 22.9. The summed E-state index contributed by atoms with van der Waals surface area (Å²) >= 11 is 0. The zero-order valence-corrected chi connectivity index (χ0v) is 16.7. The molecular weight excluding hydrogens is 377 g/mol. The second-order valence-electron chi connectivity index (χ2n) is 7.31. The Hall–Kier alpha value is -2.43. The first-order valence-electron chi connectivity index (χ1n) is 10.1. The van der Waals surface area contributed by atoms with Gasteiger partial charge in [-0.1, -0.05) is 87.6 Å². The normalized spacial score (nSPS) is 11.4. The molecule has 0 unspecified atom stereocenters. The van der Waals surface area contributed by atoms with Crippen molar-refractivity contribution < 1.29 is 22.8 Å². The topological polar surface area (TPSA) is 34.1 Å². The summed E-state index contributed by atoms with van der Waals surface area (Å²) in [5, 5.41) is 0. The number of carbonyl (C=O) groups is 2. The molecule has 0 saturated heterocycles. The van der Waals surface area contributed by atoms with Crippen LogP contribution in [0.4, 0.5) is 13.2 Å². The molecule has 0 N–H and O–H groups in total. The molecule has 29 heavy (non-hydrogen) atoms. The van der Waals surface area contributed by atoms with E-state index in [1.54, 1.807) is 12.1 Å². The minimum Gasteiger partial charge on any atom is -0.294 e. The van der Waals surface area contributed by atoms with Gasteiger partial charge in [-0.15, -0.1) is 0 Å². The molecule has 2 aromatic rings. The number of halogens is 3. The third kappa shape index (κ3) is 7.48. The molecule has 0 aliphatic carbocycles. The van der Waals surface area contributed by atoms with Crippen LogP contribution in [0.15, 0.2) is 48.5 Å². The number of alkyl halides is 3. The number of hydrogen-bond acceptors (Lipinski definition) is 2. The molecule has 0 radical (unpaired) electrons. The lowest BCUT2D eigenvalue weighted by Crippen LogP contribution is -2.25. The molecule has 0 bridgehead atoms. The average molecular weight is 404 g/mol. The van der Waals surface area contributed by atoms with E-state index in [-0.39, 0.29) is 5.56 Å². The number of Topliss-reactive ketones (excluding diaryl/α,β-unsaturated/α-hetero) is 2. The Balaban J connectivity index is 1.89. The van der Waals surface area contributed by atoms with Crippen molar-refractivity contribution in [2.24, 2.45) is 0 Å². The summed E-state index contributed by atoms with van der Waals surface area (Å²) in [6.07, 6.45) is 2.48. The number of carbonyl (C=O) groups excluding carboxylic acids is 2. The van der Waals surface area contributed by atoms with Crippen molar-refractivity contribution in [3.8, 4) is 11.1 Å². The predicted molar refractivity (Wildman–Crippen MR) is 109 cm³/mol. The molecule has 5 heteroatoms. The molecule has 2 aromatic carbocycles. The third-order valence-corrected chi connectivity index (χ3v) is 4.95. The SMILES string of the molecule is CCCCCCCCc1ccc(-c2ccc(C(=O)CC(=O)C(F)(F)F)cc2)cc1. The molecule has 2 nitrogen and oxygen atoms in total. The summed E-state index contributed by atoms with van der Waals surface area (Å²) in [6.45, 7) is 2.21. The molecule has 0 spiro atoms. The summed E-state index contributed by atoms with van der Waals surface area (Å²) in [6, 6.07) is 14.5. The lowest BCUT2D eigenvalue weighted by Gasteiger charge is -2.07. The van der Waals surface area contributed by atoms with Gasteiger partial charge in [0, 0.05) is 5.56 Å². The van der Waals surface area contributed by atoms with Crippen molar-refractivity contribution in [2.75, 3.05) is 0 Å². The highest BCUT2D eigenvalue weighted by molar-refractivity contribution is 6.09. The van der Waals surface area contributed by atoms with Gasteiger partial charge in [0.05, 0.1) is 6.42 Å². The lowest BCUT2D eigenvalue weighted by atomic mass is 9.98. The maximum absolute atomic E-state index is 12.3. The summed E-state index contributed by atoms with van der Waals surface area (Å²) in [5.74, 6) is -2.85. The number of aryl methyl sites for hydroxylation is 1. The Morgan fingerprint density at radius 2 is 1.28 bits per heavy atom. The zero-order valence-electron chi connectivity index (χ0n) is 16.7. The van der Waals surface area contributed by atoms with Crippen molar-refractivity contribution in [3.63, 3.8) is 0 Å². The zero-order chi connectivity index (χ0) is 21.3. The first-order valence-corrected chi connectivity index (χ1v) is 10.1. The van der Waals surface area contributed by atoms with Crippen LogP contribution in [-0.2, 0) is 11.2 Å². The van der Waals surface area contributed by atoms with Gasteiger partial charge in [-0.05, 0) is 29.5 Å². The van der Waals surface area contributed by atoms with E-state index in [2.05, 4.69) is 19.1 Å². The highest BCUT2D eigenvalue weighted by Crippen LogP contribution is 2.23. The van der Waals surface area contributed by atoms with Gasteiger partial charge in [-0.25, -0.2) is 0 Å². The van der Waals surface area contributed by atoms with Gasteiger partial charge in [-0.2, -0.15) is 13.2 Å². The van der Waals surface area contributed by atoms with E-state index in [1.165, 1.54) is 56.2 Å². The highest BCUT2D eigenvalue weighted by atomic mass is 19.4. The van der Waals surface area contributed by atoms with Crippen LogP contribution in [0.2, 0.25) is 0 Å². The van der Waals surface area contributed by atoms with Gasteiger partial charge >= 0.3 is 6.18 Å². The molecule has 0 heterocycles. The van der Waals surface area contributed by atoms with E-state index in [4.69, 9.17) is 0 Å². The fourth-order valence-corrected chi connectivity index (χ4v) is 3.17. The van der Waals surface area contributed by atoms with Gasteiger partial charge in [-0.3, -0.25) is 9.59 Å². The minimum atomic E-state index is -4.98. The van der Waals surface area contributed by atoms with Crippen molar-refractivity contribution in [1.82, 2.24) is 0 Å². The van der Waals surface area contributed by atoms with Crippen LogP contribution >= 0.6 is 0 Å². The van der Waals surface area contributed by atoms with E-state index in [0.717, 1.165) is 17.5 Å². The standard InChI is InChI=1S/C24H27F3O2/c1-2-3-4-5-6-7-8-18-9-11-19(12-10-18)20-13-15-21(16-14-20)22(28)17-23(29)24(25,26)27/h9-16H,2-8,17H2,1H3. The van der Waals surface area contributed by atoms with Crippen LogP contribution in [0.25, 0.3) is 11.1 Å². The van der Waals surface area contributed by atoms with E-state index >= 15 is 0 Å². The molecule has 2 rings (SSSR count). The monoisotopic (exact) mass is 404 g/mol. The van der Waals surface area contributed by atoms with Crippen LogP contribution < -0.4 is 0 Å². The first-order chi connectivity index (χ1) is 13.8. The number of ketones is 2. The summed E-state index contributed by atoms with van der Waals surface area (Å²) in [4.78, 5) is 22.8. The number of benzene rings is 2. The van der Waals surface area contributed by atoms with Gasteiger partial charge in [0.15, 0.2) is 5.78 Å². The number of unbranched alkanes of at least 4 members (excludes halogenated alkanes) is 5. The Kier molecular flexibility index (Phi) is 8.62. The van der Waals surface area contributed by atoms with Gasteiger partial charge in [0.1, 0.15) is 0 Å². The highest BCUT2D eigenvalue weighted by Gasteiger charge is 2.39. The second-order valence-corrected chi connectivity index (χ2v) is 7.31. The van der Waals surface area contributed by atoms with Crippen molar-refractivity contribution in [3.05, 3.63) is 59.7 Å². The Morgan fingerprint density at radius 3 is 1.83 bits per heavy atom. The van der Waals surface area contributed by atoms with Crippen molar-refractivity contribution >= 4 is 11.6 Å². The quantitative estimate of drug-likeness (QED) is 0.230. The van der Waals surface area contributed by atoms with Gasteiger partial charge in [0.25, 0.3) is 0 Å². The summed E-state index contributed by atoms with van der Waals surface area (Å²) in [7, 11) is 0. The van der Waals surface area contributed by atoms with Crippen LogP contribution in [0.3, 0.4) is 0 Å². The van der Waals surface area contributed by atoms with Crippen LogP contribution in [0.1, 0.15) is 67.8 Å². The molecule has 0 aliphatic heterocycles.